The van der Waals surface area contributed by atoms with E-state index in [0.717, 1.165) is 25.9 Å². The molecule has 0 aliphatic carbocycles. The molecule has 2 heteroatoms. The number of aryl methyl sites for hydroxylation is 1. The van der Waals surface area contributed by atoms with Crippen LogP contribution in [0, 0.1) is 0 Å². The van der Waals surface area contributed by atoms with Crippen LogP contribution in [-0.4, -0.2) is 19.1 Å². The summed E-state index contributed by atoms with van der Waals surface area (Å²) >= 11 is 0. The van der Waals surface area contributed by atoms with E-state index in [1.807, 2.05) is 0 Å². The molecule has 0 aromatic heterocycles. The van der Waals surface area contributed by atoms with Gasteiger partial charge in [-0.05, 0) is 44.8 Å². The standard InChI is InChI=1S/C13H22N2/c1-12(9-10-14)15-11-5-8-13-6-3-2-4-7-13/h2-4,6-7,12,15H,5,8-11,14H2,1H3. The largest absolute Gasteiger partial charge is 0.330 e. The quantitative estimate of drug-likeness (QED) is 0.669. The Hall–Kier alpha value is -0.860. The molecule has 15 heavy (non-hydrogen) atoms. The van der Waals surface area contributed by atoms with Gasteiger partial charge in [-0.15, -0.1) is 0 Å². The van der Waals surface area contributed by atoms with Gasteiger partial charge in [-0.1, -0.05) is 30.3 Å². The number of rotatable bonds is 7. The van der Waals surface area contributed by atoms with E-state index in [9.17, 15) is 0 Å². The fraction of sp³-hybridized carbons (Fsp3) is 0.538. The van der Waals surface area contributed by atoms with Gasteiger partial charge in [-0.2, -0.15) is 0 Å². The molecule has 0 saturated carbocycles. The summed E-state index contributed by atoms with van der Waals surface area (Å²) < 4.78 is 0. The zero-order valence-corrected chi connectivity index (χ0v) is 9.58. The Kier molecular flexibility index (Phi) is 6.05. The highest BCUT2D eigenvalue weighted by Gasteiger charge is 1.98. The summed E-state index contributed by atoms with van der Waals surface area (Å²) in [7, 11) is 0. The molecule has 2 nitrogen and oxygen atoms in total. The molecule has 84 valence electrons. The summed E-state index contributed by atoms with van der Waals surface area (Å²) in [4.78, 5) is 0. The van der Waals surface area contributed by atoms with Crippen molar-refractivity contribution in [3.05, 3.63) is 35.9 Å². The molecule has 0 amide bonds. The van der Waals surface area contributed by atoms with Gasteiger partial charge in [0.15, 0.2) is 0 Å². The van der Waals surface area contributed by atoms with Crippen LogP contribution in [0.25, 0.3) is 0 Å². The summed E-state index contributed by atoms with van der Waals surface area (Å²) in [5.74, 6) is 0. The highest BCUT2D eigenvalue weighted by Crippen LogP contribution is 2.01. The third-order valence-corrected chi connectivity index (χ3v) is 2.58. The lowest BCUT2D eigenvalue weighted by Gasteiger charge is -2.12. The van der Waals surface area contributed by atoms with Gasteiger partial charge in [0.2, 0.25) is 0 Å². The van der Waals surface area contributed by atoms with Crippen LogP contribution in [0.4, 0.5) is 0 Å². The van der Waals surface area contributed by atoms with Crippen molar-refractivity contribution in [1.82, 2.24) is 5.32 Å². The predicted molar refractivity (Wildman–Crippen MR) is 65.9 cm³/mol. The van der Waals surface area contributed by atoms with Gasteiger partial charge in [0, 0.05) is 6.04 Å². The van der Waals surface area contributed by atoms with Crippen molar-refractivity contribution in [2.45, 2.75) is 32.2 Å². The second-order valence-corrected chi connectivity index (χ2v) is 4.02. The zero-order valence-electron chi connectivity index (χ0n) is 9.58. The average Bonchev–Trinajstić information content (AvgIpc) is 2.26. The maximum Gasteiger partial charge on any atom is 0.00507 e. The van der Waals surface area contributed by atoms with Crippen LogP contribution >= 0.6 is 0 Å². The molecule has 1 atom stereocenters. The maximum absolute atomic E-state index is 5.48. The molecule has 0 spiro atoms. The molecule has 3 N–H and O–H groups in total. The Morgan fingerprint density at radius 1 is 1.27 bits per heavy atom. The molecule has 0 radical (unpaired) electrons. The molecule has 0 bridgehead atoms. The molecule has 0 fully saturated rings. The van der Waals surface area contributed by atoms with Crippen molar-refractivity contribution < 1.29 is 0 Å². The van der Waals surface area contributed by atoms with Crippen LogP contribution < -0.4 is 11.1 Å². The number of hydrogen-bond acceptors (Lipinski definition) is 2. The summed E-state index contributed by atoms with van der Waals surface area (Å²) in [5.41, 5.74) is 6.91. The lowest BCUT2D eigenvalue weighted by Crippen LogP contribution is -2.29. The van der Waals surface area contributed by atoms with E-state index < -0.39 is 0 Å². The summed E-state index contributed by atoms with van der Waals surface area (Å²) in [6.45, 7) is 4.04. The van der Waals surface area contributed by atoms with Crippen molar-refractivity contribution in [2.24, 2.45) is 5.73 Å². The molecule has 0 saturated heterocycles. The second kappa shape index (κ2) is 7.43. The molecule has 1 rings (SSSR count). The first-order valence-electron chi connectivity index (χ1n) is 5.80. The fourth-order valence-electron chi connectivity index (χ4n) is 1.64. The monoisotopic (exact) mass is 206 g/mol. The third kappa shape index (κ3) is 5.55. The van der Waals surface area contributed by atoms with Crippen molar-refractivity contribution >= 4 is 0 Å². The van der Waals surface area contributed by atoms with Gasteiger partial charge >= 0.3 is 0 Å². The summed E-state index contributed by atoms with van der Waals surface area (Å²) in [5, 5.41) is 3.47. The smallest absolute Gasteiger partial charge is 0.00507 e. The Morgan fingerprint density at radius 2 is 2.00 bits per heavy atom. The summed E-state index contributed by atoms with van der Waals surface area (Å²) in [6, 6.07) is 11.2. The SMILES string of the molecule is CC(CCN)NCCCc1ccccc1. The molecule has 1 unspecified atom stereocenters. The van der Waals surface area contributed by atoms with Crippen LogP contribution in [0.15, 0.2) is 30.3 Å². The van der Waals surface area contributed by atoms with Crippen molar-refractivity contribution in [1.29, 1.82) is 0 Å². The van der Waals surface area contributed by atoms with E-state index in [2.05, 4.69) is 42.6 Å². The highest BCUT2D eigenvalue weighted by molar-refractivity contribution is 5.14. The van der Waals surface area contributed by atoms with Gasteiger partial charge < -0.3 is 11.1 Å². The van der Waals surface area contributed by atoms with Gasteiger partial charge in [0.1, 0.15) is 0 Å². The minimum Gasteiger partial charge on any atom is -0.330 e. The van der Waals surface area contributed by atoms with Crippen LogP contribution in [0.3, 0.4) is 0 Å². The van der Waals surface area contributed by atoms with E-state index in [1.54, 1.807) is 0 Å². The van der Waals surface area contributed by atoms with Crippen molar-refractivity contribution in [3.63, 3.8) is 0 Å². The van der Waals surface area contributed by atoms with Gasteiger partial charge in [0.05, 0.1) is 0 Å². The maximum atomic E-state index is 5.48. The van der Waals surface area contributed by atoms with Crippen LogP contribution in [0.2, 0.25) is 0 Å². The Bertz CT molecular complexity index is 246. The van der Waals surface area contributed by atoms with E-state index in [4.69, 9.17) is 5.73 Å². The molecule has 1 aromatic carbocycles. The van der Waals surface area contributed by atoms with E-state index >= 15 is 0 Å². The fourth-order valence-corrected chi connectivity index (χ4v) is 1.64. The number of benzene rings is 1. The summed E-state index contributed by atoms with van der Waals surface area (Å²) in [6.07, 6.45) is 3.41. The normalized spacial score (nSPS) is 12.7. The molecule has 0 aliphatic heterocycles. The van der Waals surface area contributed by atoms with Crippen LogP contribution in [-0.2, 0) is 6.42 Å². The molecule has 0 heterocycles. The van der Waals surface area contributed by atoms with Crippen LogP contribution in [0.1, 0.15) is 25.3 Å². The first-order valence-corrected chi connectivity index (χ1v) is 5.80. The van der Waals surface area contributed by atoms with Gasteiger partial charge in [-0.3, -0.25) is 0 Å². The molecule has 0 aliphatic rings. The predicted octanol–water partition coefficient (Wildman–Crippen LogP) is 1.95. The van der Waals surface area contributed by atoms with E-state index in [-0.39, 0.29) is 0 Å². The van der Waals surface area contributed by atoms with E-state index in [1.165, 1.54) is 12.0 Å². The number of nitrogens with one attached hydrogen (secondary N) is 1. The Labute approximate surface area is 92.9 Å². The molecular formula is C13H22N2. The first-order chi connectivity index (χ1) is 7.33. The highest BCUT2D eigenvalue weighted by atomic mass is 14.9. The second-order valence-electron chi connectivity index (χ2n) is 4.02. The minimum atomic E-state index is 0.547. The van der Waals surface area contributed by atoms with Crippen LogP contribution in [0.5, 0.6) is 0 Å². The Balaban J connectivity index is 2.07. The minimum absolute atomic E-state index is 0.547. The first kappa shape index (κ1) is 12.2. The van der Waals surface area contributed by atoms with Crippen molar-refractivity contribution in [2.75, 3.05) is 13.1 Å². The molecule has 1 aromatic rings. The van der Waals surface area contributed by atoms with Gasteiger partial charge in [0.25, 0.3) is 0 Å². The number of nitrogens with two attached hydrogens (primary N) is 1. The lowest BCUT2D eigenvalue weighted by molar-refractivity contribution is 0.512. The third-order valence-electron chi connectivity index (χ3n) is 2.58. The Morgan fingerprint density at radius 3 is 2.67 bits per heavy atom. The molecular weight excluding hydrogens is 184 g/mol. The van der Waals surface area contributed by atoms with Gasteiger partial charge in [-0.25, -0.2) is 0 Å². The van der Waals surface area contributed by atoms with Crippen molar-refractivity contribution in [3.8, 4) is 0 Å². The lowest BCUT2D eigenvalue weighted by atomic mass is 10.1. The van der Waals surface area contributed by atoms with E-state index in [0.29, 0.717) is 6.04 Å². The zero-order chi connectivity index (χ0) is 10.9. The average molecular weight is 206 g/mol. The number of hydrogen-bond donors (Lipinski definition) is 2. The topological polar surface area (TPSA) is 38.0 Å².